The molecule has 160 valence electrons. The van der Waals surface area contributed by atoms with Gasteiger partial charge in [0.2, 0.25) is 0 Å². The molecule has 2 aliphatic rings. The first-order chi connectivity index (χ1) is 14.3. The Kier molecular flexibility index (Phi) is 9.03. The highest BCUT2D eigenvalue weighted by Gasteiger charge is 2.19. The second-order valence-corrected chi connectivity index (χ2v) is 8.39. The van der Waals surface area contributed by atoms with Gasteiger partial charge in [0.1, 0.15) is 0 Å². The van der Waals surface area contributed by atoms with E-state index in [2.05, 4.69) is 56.3 Å². The third-order valence-electron chi connectivity index (χ3n) is 6.20. The number of nitrogens with one attached hydrogen (secondary N) is 2. The van der Waals surface area contributed by atoms with E-state index < -0.39 is 0 Å². The van der Waals surface area contributed by atoms with Crippen molar-refractivity contribution in [3.05, 3.63) is 48.0 Å². The lowest BCUT2D eigenvalue weighted by Gasteiger charge is -2.32. The van der Waals surface area contributed by atoms with Gasteiger partial charge in [-0.2, -0.15) is 0 Å². The van der Waals surface area contributed by atoms with E-state index in [1.165, 1.54) is 49.9 Å². The van der Waals surface area contributed by atoms with E-state index in [0.717, 1.165) is 51.5 Å². The van der Waals surface area contributed by atoms with Crippen molar-refractivity contribution in [3.8, 4) is 0 Å². The summed E-state index contributed by atoms with van der Waals surface area (Å²) < 4.78 is 0. The van der Waals surface area contributed by atoms with Crippen molar-refractivity contribution >= 4 is 5.96 Å². The van der Waals surface area contributed by atoms with Crippen LogP contribution >= 0.6 is 0 Å². The third kappa shape index (κ3) is 7.16. The normalized spacial score (nSPS) is 20.2. The summed E-state index contributed by atoms with van der Waals surface area (Å²) in [6, 6.07) is 9.35. The molecule has 29 heavy (non-hydrogen) atoms. The van der Waals surface area contributed by atoms with Crippen molar-refractivity contribution in [1.29, 1.82) is 0 Å². The van der Waals surface area contributed by atoms with Gasteiger partial charge in [-0.15, -0.1) is 6.58 Å². The van der Waals surface area contributed by atoms with Crippen LogP contribution in [0.5, 0.6) is 0 Å². The van der Waals surface area contributed by atoms with Gasteiger partial charge in [-0.3, -0.25) is 14.8 Å². The number of rotatable bonds is 7. The Balaban J connectivity index is 1.50. The fraction of sp³-hybridized carbons (Fsp3) is 0.625. The van der Waals surface area contributed by atoms with Gasteiger partial charge in [0.15, 0.2) is 5.96 Å². The van der Waals surface area contributed by atoms with Crippen LogP contribution in [0, 0.1) is 0 Å². The molecule has 0 spiro atoms. The van der Waals surface area contributed by atoms with Gasteiger partial charge >= 0.3 is 0 Å². The summed E-state index contributed by atoms with van der Waals surface area (Å²) in [5, 5.41) is 7.17. The number of guanidine groups is 1. The number of aliphatic imine (C=N–C) groups is 1. The van der Waals surface area contributed by atoms with E-state index in [1.807, 2.05) is 13.1 Å². The maximum atomic E-state index is 4.46. The van der Waals surface area contributed by atoms with E-state index in [9.17, 15) is 0 Å². The molecule has 2 N–H and O–H groups in total. The molecule has 5 nitrogen and oxygen atoms in total. The summed E-state index contributed by atoms with van der Waals surface area (Å²) >= 11 is 0. The fourth-order valence-electron chi connectivity index (χ4n) is 4.43. The summed E-state index contributed by atoms with van der Waals surface area (Å²) in [6.07, 6.45) is 9.74. The SMILES string of the molecule is C=CCN1CCC(NC(=NC)NCc2ccccc2CN2CCCCCC2)CC1. The molecule has 2 fully saturated rings. The minimum Gasteiger partial charge on any atom is -0.354 e. The third-order valence-corrected chi connectivity index (χ3v) is 6.20. The molecule has 3 rings (SSSR count). The molecule has 0 aliphatic carbocycles. The Morgan fingerprint density at radius 1 is 1.03 bits per heavy atom. The lowest BCUT2D eigenvalue weighted by molar-refractivity contribution is 0.225. The molecule has 1 aromatic rings. The molecule has 2 saturated heterocycles. The van der Waals surface area contributed by atoms with Crippen LogP contribution in [0.25, 0.3) is 0 Å². The van der Waals surface area contributed by atoms with Crippen molar-refractivity contribution in [2.24, 2.45) is 4.99 Å². The number of hydrogen-bond donors (Lipinski definition) is 2. The van der Waals surface area contributed by atoms with Crippen molar-refractivity contribution in [2.45, 2.75) is 57.7 Å². The van der Waals surface area contributed by atoms with E-state index in [-0.39, 0.29) is 0 Å². The van der Waals surface area contributed by atoms with Crippen LogP contribution < -0.4 is 10.6 Å². The van der Waals surface area contributed by atoms with Crippen molar-refractivity contribution in [2.75, 3.05) is 39.8 Å². The Hall–Kier alpha value is -1.85. The van der Waals surface area contributed by atoms with E-state index in [0.29, 0.717) is 6.04 Å². The van der Waals surface area contributed by atoms with Gasteiger partial charge in [0, 0.05) is 45.8 Å². The van der Waals surface area contributed by atoms with Crippen LogP contribution in [0.3, 0.4) is 0 Å². The van der Waals surface area contributed by atoms with Crippen LogP contribution in [0.4, 0.5) is 0 Å². The zero-order valence-corrected chi connectivity index (χ0v) is 18.2. The largest absolute Gasteiger partial charge is 0.354 e. The van der Waals surface area contributed by atoms with Crippen LogP contribution in [-0.2, 0) is 13.1 Å². The molecule has 0 radical (unpaired) electrons. The Labute approximate surface area is 177 Å². The summed E-state index contributed by atoms with van der Waals surface area (Å²) in [7, 11) is 1.87. The van der Waals surface area contributed by atoms with Crippen LogP contribution in [0.15, 0.2) is 41.9 Å². The number of hydrogen-bond acceptors (Lipinski definition) is 3. The lowest BCUT2D eigenvalue weighted by atomic mass is 10.1. The first-order valence-corrected chi connectivity index (χ1v) is 11.4. The zero-order chi connectivity index (χ0) is 20.3. The molecule has 2 aliphatic heterocycles. The Morgan fingerprint density at radius 2 is 1.72 bits per heavy atom. The van der Waals surface area contributed by atoms with Crippen LogP contribution in [0.2, 0.25) is 0 Å². The van der Waals surface area contributed by atoms with E-state index >= 15 is 0 Å². The Bertz CT molecular complexity index is 640. The molecule has 0 aromatic heterocycles. The monoisotopic (exact) mass is 397 g/mol. The molecule has 1 aromatic carbocycles. The minimum atomic E-state index is 0.495. The smallest absolute Gasteiger partial charge is 0.191 e. The number of nitrogens with zero attached hydrogens (tertiary/aromatic N) is 3. The van der Waals surface area contributed by atoms with Gasteiger partial charge in [-0.1, -0.05) is 43.2 Å². The van der Waals surface area contributed by atoms with Gasteiger partial charge in [0.25, 0.3) is 0 Å². The van der Waals surface area contributed by atoms with Gasteiger partial charge in [-0.25, -0.2) is 0 Å². The standard InChI is InChI=1S/C24H39N5/c1-3-14-28-17-12-23(13-18-28)27-24(25-2)26-19-21-10-6-7-11-22(21)20-29-15-8-4-5-9-16-29/h3,6-7,10-11,23H,1,4-5,8-9,12-20H2,2H3,(H2,25,26,27). The van der Waals surface area contributed by atoms with Crippen molar-refractivity contribution in [1.82, 2.24) is 20.4 Å². The predicted molar refractivity (Wildman–Crippen MR) is 123 cm³/mol. The number of likely N-dealkylation sites (tertiary alicyclic amines) is 2. The Morgan fingerprint density at radius 3 is 2.38 bits per heavy atom. The maximum absolute atomic E-state index is 4.46. The lowest BCUT2D eigenvalue weighted by Crippen LogP contribution is -2.48. The minimum absolute atomic E-state index is 0.495. The topological polar surface area (TPSA) is 42.9 Å². The first-order valence-electron chi connectivity index (χ1n) is 11.4. The fourth-order valence-corrected chi connectivity index (χ4v) is 4.43. The zero-order valence-electron chi connectivity index (χ0n) is 18.2. The van der Waals surface area contributed by atoms with Gasteiger partial charge in [0.05, 0.1) is 0 Å². The van der Waals surface area contributed by atoms with E-state index in [4.69, 9.17) is 0 Å². The highest BCUT2D eigenvalue weighted by molar-refractivity contribution is 5.80. The highest BCUT2D eigenvalue weighted by atomic mass is 15.2. The number of piperidine rings is 1. The molecule has 0 unspecified atom stereocenters. The summed E-state index contributed by atoms with van der Waals surface area (Å²) in [5.41, 5.74) is 2.82. The first kappa shape index (κ1) is 21.8. The second kappa shape index (κ2) is 12.0. The van der Waals surface area contributed by atoms with Crippen LogP contribution in [-0.4, -0.2) is 61.6 Å². The van der Waals surface area contributed by atoms with Gasteiger partial charge in [-0.05, 0) is 49.9 Å². The van der Waals surface area contributed by atoms with Crippen LogP contribution in [0.1, 0.15) is 49.7 Å². The maximum Gasteiger partial charge on any atom is 0.191 e. The van der Waals surface area contributed by atoms with Crippen molar-refractivity contribution < 1.29 is 0 Å². The highest BCUT2D eigenvalue weighted by Crippen LogP contribution is 2.16. The molecule has 5 heteroatoms. The average molecular weight is 398 g/mol. The van der Waals surface area contributed by atoms with Crippen molar-refractivity contribution in [3.63, 3.8) is 0 Å². The molecule has 0 bridgehead atoms. The molecular weight excluding hydrogens is 358 g/mol. The summed E-state index contributed by atoms with van der Waals surface area (Å²) in [6.45, 7) is 11.4. The van der Waals surface area contributed by atoms with E-state index in [1.54, 1.807) is 0 Å². The molecule has 0 atom stereocenters. The predicted octanol–water partition coefficient (Wildman–Crippen LogP) is 3.38. The molecule has 0 amide bonds. The molecular formula is C24H39N5. The average Bonchev–Trinajstić information content (AvgIpc) is 3.02. The summed E-state index contributed by atoms with van der Waals surface area (Å²) in [5.74, 6) is 0.914. The van der Waals surface area contributed by atoms with Gasteiger partial charge < -0.3 is 10.6 Å². The molecule has 2 heterocycles. The number of benzene rings is 1. The second-order valence-electron chi connectivity index (χ2n) is 8.39. The molecule has 0 saturated carbocycles. The quantitative estimate of drug-likeness (QED) is 0.421. The summed E-state index contributed by atoms with van der Waals surface area (Å²) in [4.78, 5) is 9.54.